The van der Waals surface area contributed by atoms with E-state index in [0.717, 1.165) is 38.2 Å². The molecule has 1 aliphatic carbocycles. The van der Waals surface area contributed by atoms with E-state index in [9.17, 15) is 5.11 Å². The van der Waals surface area contributed by atoms with E-state index in [0.29, 0.717) is 5.92 Å². The predicted octanol–water partition coefficient (Wildman–Crippen LogP) is 1.05. The Morgan fingerprint density at radius 3 is 2.74 bits per heavy atom. The summed E-state index contributed by atoms with van der Waals surface area (Å²) in [5, 5.41) is 17.3. The molecule has 0 radical (unpaired) electrons. The van der Waals surface area contributed by atoms with Gasteiger partial charge in [0, 0.05) is 32.7 Å². The lowest BCUT2D eigenvalue weighted by atomic mass is 9.82. The fourth-order valence-electron chi connectivity index (χ4n) is 2.95. The van der Waals surface area contributed by atoms with Crippen LogP contribution in [-0.4, -0.2) is 41.1 Å². The molecular formula is C14H26N4O. The molecular weight excluding hydrogens is 240 g/mol. The Labute approximate surface area is 115 Å². The SMILES string of the molecule is CCNCc1c(C)nn(C)c1N(C)CC1CC(O)C1. The highest BCUT2D eigenvalue weighted by atomic mass is 16.3. The molecule has 1 aromatic rings. The molecule has 1 saturated carbocycles. The van der Waals surface area contributed by atoms with Gasteiger partial charge in [0.1, 0.15) is 5.82 Å². The summed E-state index contributed by atoms with van der Waals surface area (Å²) >= 11 is 0. The van der Waals surface area contributed by atoms with Crippen molar-refractivity contribution in [3.63, 3.8) is 0 Å². The Kier molecular flexibility index (Phi) is 4.47. The van der Waals surface area contributed by atoms with Gasteiger partial charge >= 0.3 is 0 Å². The van der Waals surface area contributed by atoms with Crippen molar-refractivity contribution in [2.45, 2.75) is 39.3 Å². The van der Waals surface area contributed by atoms with Gasteiger partial charge in [-0.15, -0.1) is 0 Å². The third-order valence-corrected chi connectivity index (χ3v) is 3.97. The van der Waals surface area contributed by atoms with E-state index in [1.165, 1.54) is 11.4 Å². The number of aliphatic hydroxyl groups excluding tert-OH is 1. The average molecular weight is 266 g/mol. The molecule has 5 nitrogen and oxygen atoms in total. The summed E-state index contributed by atoms with van der Waals surface area (Å²) in [6.07, 6.45) is 1.79. The molecule has 108 valence electrons. The molecule has 0 aromatic carbocycles. The van der Waals surface area contributed by atoms with Gasteiger partial charge in [0.2, 0.25) is 0 Å². The van der Waals surface area contributed by atoms with E-state index in [1.807, 2.05) is 11.7 Å². The molecule has 1 fully saturated rings. The zero-order valence-electron chi connectivity index (χ0n) is 12.5. The minimum atomic E-state index is -0.0760. The molecule has 0 atom stereocenters. The summed E-state index contributed by atoms with van der Waals surface area (Å²) in [5.41, 5.74) is 2.38. The molecule has 1 heterocycles. The van der Waals surface area contributed by atoms with Crippen LogP contribution in [0.1, 0.15) is 31.0 Å². The van der Waals surface area contributed by atoms with Gasteiger partial charge in [-0.1, -0.05) is 6.92 Å². The molecule has 0 spiro atoms. The first-order valence-corrected chi connectivity index (χ1v) is 7.15. The van der Waals surface area contributed by atoms with Crippen LogP contribution in [0.2, 0.25) is 0 Å². The van der Waals surface area contributed by atoms with Crippen molar-refractivity contribution in [2.24, 2.45) is 13.0 Å². The second-order valence-electron chi connectivity index (χ2n) is 5.66. The molecule has 5 heteroatoms. The van der Waals surface area contributed by atoms with Crippen molar-refractivity contribution in [2.75, 3.05) is 25.0 Å². The monoisotopic (exact) mass is 266 g/mol. The van der Waals surface area contributed by atoms with Crippen molar-refractivity contribution in [1.29, 1.82) is 0 Å². The van der Waals surface area contributed by atoms with Gasteiger partial charge < -0.3 is 15.3 Å². The molecule has 0 saturated heterocycles. The topological polar surface area (TPSA) is 53.3 Å². The molecule has 1 aliphatic rings. The van der Waals surface area contributed by atoms with Gasteiger partial charge in [-0.05, 0) is 32.2 Å². The van der Waals surface area contributed by atoms with E-state index < -0.39 is 0 Å². The van der Waals surface area contributed by atoms with Crippen molar-refractivity contribution < 1.29 is 5.11 Å². The summed E-state index contributed by atoms with van der Waals surface area (Å²) in [7, 11) is 4.13. The maximum Gasteiger partial charge on any atom is 0.131 e. The Bertz CT molecular complexity index is 423. The predicted molar refractivity (Wildman–Crippen MR) is 77.3 cm³/mol. The molecule has 0 amide bonds. The number of aromatic nitrogens is 2. The first-order chi connectivity index (χ1) is 9.02. The largest absolute Gasteiger partial charge is 0.393 e. The zero-order chi connectivity index (χ0) is 14.0. The van der Waals surface area contributed by atoms with Crippen LogP contribution in [-0.2, 0) is 13.6 Å². The maximum absolute atomic E-state index is 9.39. The minimum absolute atomic E-state index is 0.0760. The van der Waals surface area contributed by atoms with E-state index in [1.54, 1.807) is 0 Å². The van der Waals surface area contributed by atoms with Gasteiger partial charge in [0.25, 0.3) is 0 Å². The fraction of sp³-hybridized carbons (Fsp3) is 0.786. The smallest absolute Gasteiger partial charge is 0.131 e. The molecule has 1 aromatic heterocycles. The van der Waals surface area contributed by atoms with E-state index >= 15 is 0 Å². The number of hydrogen-bond donors (Lipinski definition) is 2. The highest BCUT2D eigenvalue weighted by Crippen LogP contribution is 2.30. The summed E-state index contributed by atoms with van der Waals surface area (Å²) in [4.78, 5) is 2.28. The summed E-state index contributed by atoms with van der Waals surface area (Å²) in [6, 6.07) is 0. The highest BCUT2D eigenvalue weighted by Gasteiger charge is 2.29. The van der Waals surface area contributed by atoms with Crippen LogP contribution in [0.25, 0.3) is 0 Å². The molecule has 0 bridgehead atoms. The maximum atomic E-state index is 9.39. The van der Waals surface area contributed by atoms with Gasteiger partial charge in [-0.25, -0.2) is 0 Å². The number of aryl methyl sites for hydroxylation is 2. The summed E-state index contributed by atoms with van der Waals surface area (Å²) in [6.45, 7) is 7.01. The van der Waals surface area contributed by atoms with Crippen LogP contribution < -0.4 is 10.2 Å². The Morgan fingerprint density at radius 1 is 1.47 bits per heavy atom. The van der Waals surface area contributed by atoms with Gasteiger partial charge in [0.05, 0.1) is 11.8 Å². The Hall–Kier alpha value is -1.07. The number of rotatable bonds is 6. The lowest BCUT2D eigenvalue weighted by Crippen LogP contribution is -2.38. The van der Waals surface area contributed by atoms with Crippen LogP contribution in [0.15, 0.2) is 0 Å². The standard InChI is InChI=1S/C14H26N4O/c1-5-15-8-13-10(2)16-18(4)14(13)17(3)9-11-6-12(19)7-11/h11-12,15,19H,5-9H2,1-4H3. The third-order valence-electron chi connectivity index (χ3n) is 3.97. The number of nitrogens with one attached hydrogen (secondary N) is 1. The Balaban J connectivity index is 2.08. The number of anilines is 1. The average Bonchev–Trinajstić information content (AvgIpc) is 2.59. The second-order valence-corrected chi connectivity index (χ2v) is 5.66. The normalized spacial score (nSPS) is 22.4. The highest BCUT2D eigenvalue weighted by molar-refractivity contribution is 5.49. The lowest BCUT2D eigenvalue weighted by Gasteiger charge is -2.35. The van der Waals surface area contributed by atoms with E-state index in [2.05, 4.69) is 36.2 Å². The zero-order valence-corrected chi connectivity index (χ0v) is 12.5. The molecule has 0 aliphatic heterocycles. The summed E-state index contributed by atoms with van der Waals surface area (Å²) in [5.74, 6) is 1.81. The van der Waals surface area contributed by atoms with Crippen LogP contribution in [0.5, 0.6) is 0 Å². The second kappa shape index (κ2) is 5.92. The van der Waals surface area contributed by atoms with Gasteiger partial charge in [-0.3, -0.25) is 4.68 Å². The van der Waals surface area contributed by atoms with Crippen molar-refractivity contribution in [3.05, 3.63) is 11.3 Å². The minimum Gasteiger partial charge on any atom is -0.393 e. The number of hydrogen-bond acceptors (Lipinski definition) is 4. The van der Waals surface area contributed by atoms with Crippen molar-refractivity contribution in [3.8, 4) is 0 Å². The molecule has 19 heavy (non-hydrogen) atoms. The van der Waals surface area contributed by atoms with Crippen LogP contribution >= 0.6 is 0 Å². The first kappa shape index (κ1) is 14.3. The lowest BCUT2D eigenvalue weighted by molar-refractivity contribution is 0.0463. The summed E-state index contributed by atoms with van der Waals surface area (Å²) < 4.78 is 1.97. The Morgan fingerprint density at radius 2 is 2.16 bits per heavy atom. The van der Waals surface area contributed by atoms with Crippen molar-refractivity contribution >= 4 is 5.82 Å². The number of nitrogens with zero attached hydrogens (tertiary/aromatic N) is 3. The first-order valence-electron chi connectivity index (χ1n) is 7.15. The van der Waals surface area contributed by atoms with Gasteiger partial charge in [-0.2, -0.15) is 5.10 Å². The fourth-order valence-corrected chi connectivity index (χ4v) is 2.95. The van der Waals surface area contributed by atoms with Crippen LogP contribution in [0, 0.1) is 12.8 Å². The van der Waals surface area contributed by atoms with Crippen LogP contribution in [0.4, 0.5) is 5.82 Å². The van der Waals surface area contributed by atoms with Crippen LogP contribution in [0.3, 0.4) is 0 Å². The molecule has 0 unspecified atom stereocenters. The number of aliphatic hydroxyl groups is 1. The van der Waals surface area contributed by atoms with Gasteiger partial charge in [0.15, 0.2) is 0 Å². The van der Waals surface area contributed by atoms with E-state index in [4.69, 9.17) is 0 Å². The molecule has 2 N–H and O–H groups in total. The molecule has 2 rings (SSSR count). The third kappa shape index (κ3) is 3.09. The van der Waals surface area contributed by atoms with Crippen molar-refractivity contribution in [1.82, 2.24) is 15.1 Å². The van der Waals surface area contributed by atoms with E-state index in [-0.39, 0.29) is 6.10 Å². The quantitative estimate of drug-likeness (QED) is 0.808.